The zero-order chi connectivity index (χ0) is 28.4. The summed E-state index contributed by atoms with van der Waals surface area (Å²) in [5.41, 5.74) is 2.97. The van der Waals surface area contributed by atoms with Gasteiger partial charge < -0.3 is 30.2 Å². The molecule has 0 saturated heterocycles. The number of aliphatic hydroxyl groups is 1. The summed E-state index contributed by atoms with van der Waals surface area (Å²) in [4.78, 5) is 28.6. The average Bonchev–Trinajstić information content (AvgIpc) is 3.28. The van der Waals surface area contributed by atoms with Crippen molar-refractivity contribution in [2.24, 2.45) is 0 Å². The van der Waals surface area contributed by atoms with Gasteiger partial charge in [0.25, 0.3) is 0 Å². The first-order valence-electron chi connectivity index (χ1n) is 13.4. The SMILES string of the molecule is CCc1ccc(CCN(CCCSCCNC[C@H](O)c2ccc(O)c3[nH]c(=O)sc23)C(=O)OC(C)(C)C)cc1. The molecule has 0 radical (unpaired) electrons. The van der Waals surface area contributed by atoms with Crippen molar-refractivity contribution in [3.8, 4) is 5.75 Å². The van der Waals surface area contributed by atoms with Crippen molar-refractivity contribution < 1.29 is 19.7 Å². The molecule has 3 rings (SSSR count). The molecule has 0 bridgehead atoms. The molecule has 0 saturated carbocycles. The monoisotopic (exact) mass is 575 g/mol. The van der Waals surface area contributed by atoms with E-state index in [1.807, 2.05) is 25.7 Å². The molecule has 1 heterocycles. The van der Waals surface area contributed by atoms with E-state index in [9.17, 15) is 19.8 Å². The number of phenolic OH excluding ortho intramolecular Hbond substituents is 1. The van der Waals surface area contributed by atoms with Crippen molar-refractivity contribution >= 4 is 39.4 Å². The molecule has 0 fully saturated rings. The number of hydrogen-bond acceptors (Lipinski definition) is 8. The fourth-order valence-electron chi connectivity index (χ4n) is 4.08. The number of phenols is 1. The number of thiazole rings is 1. The van der Waals surface area contributed by atoms with Crippen molar-refractivity contribution in [3.05, 3.63) is 62.8 Å². The second kappa shape index (κ2) is 14.7. The van der Waals surface area contributed by atoms with Crippen LogP contribution in [0.2, 0.25) is 0 Å². The molecule has 1 aromatic heterocycles. The van der Waals surface area contributed by atoms with Gasteiger partial charge in [-0.3, -0.25) is 4.79 Å². The maximum atomic E-state index is 12.8. The number of ether oxygens (including phenoxy) is 1. The first-order chi connectivity index (χ1) is 18.6. The van der Waals surface area contributed by atoms with Crippen LogP contribution in [-0.2, 0) is 17.6 Å². The quantitative estimate of drug-likeness (QED) is 0.198. The van der Waals surface area contributed by atoms with Crippen molar-refractivity contribution in [2.75, 3.05) is 37.7 Å². The van der Waals surface area contributed by atoms with Crippen LogP contribution in [0.15, 0.2) is 41.2 Å². The van der Waals surface area contributed by atoms with Crippen LogP contribution in [0, 0.1) is 0 Å². The summed E-state index contributed by atoms with van der Waals surface area (Å²) in [6.45, 7) is 10.1. The van der Waals surface area contributed by atoms with Crippen LogP contribution in [0.1, 0.15) is 56.9 Å². The molecule has 0 aliphatic heterocycles. The topological polar surface area (TPSA) is 115 Å². The van der Waals surface area contributed by atoms with Crippen LogP contribution in [0.5, 0.6) is 5.75 Å². The van der Waals surface area contributed by atoms with Crippen LogP contribution in [0.3, 0.4) is 0 Å². The third-order valence-electron chi connectivity index (χ3n) is 6.18. The lowest BCUT2D eigenvalue weighted by Crippen LogP contribution is -2.38. The van der Waals surface area contributed by atoms with Gasteiger partial charge in [0.1, 0.15) is 16.9 Å². The fraction of sp³-hybridized carbons (Fsp3) is 0.517. The number of aromatic nitrogens is 1. The lowest BCUT2D eigenvalue weighted by molar-refractivity contribution is 0.0252. The number of nitrogens with zero attached hydrogens (tertiary/aromatic N) is 1. The lowest BCUT2D eigenvalue weighted by atomic mass is 10.1. The highest BCUT2D eigenvalue weighted by molar-refractivity contribution is 7.99. The molecule has 10 heteroatoms. The third-order valence-corrected chi connectivity index (χ3v) is 8.18. The van der Waals surface area contributed by atoms with E-state index in [0.717, 1.165) is 48.6 Å². The number of hydrogen-bond donors (Lipinski definition) is 4. The van der Waals surface area contributed by atoms with Crippen molar-refractivity contribution in [1.29, 1.82) is 0 Å². The van der Waals surface area contributed by atoms with Gasteiger partial charge in [0.15, 0.2) is 0 Å². The number of benzene rings is 2. The number of aromatic amines is 1. The Morgan fingerprint density at radius 2 is 1.85 bits per heavy atom. The standard InChI is InChI=1S/C29H41N3O5S2/c1-5-20-7-9-21(10-8-20)13-16-32(28(36)37-29(2,3)4)15-6-17-38-18-14-30-19-24(34)22-11-12-23(33)25-26(22)39-27(35)31-25/h7-12,24,30,33-34H,5-6,13-19H2,1-4H3,(H,31,35)/t24-/m0/s1. The number of nitrogens with one attached hydrogen (secondary N) is 2. The summed E-state index contributed by atoms with van der Waals surface area (Å²) in [6.07, 6.45) is 1.60. The fourth-order valence-corrected chi connectivity index (χ4v) is 5.83. The summed E-state index contributed by atoms with van der Waals surface area (Å²) >= 11 is 2.78. The minimum atomic E-state index is -0.787. The molecule has 8 nitrogen and oxygen atoms in total. The number of rotatable bonds is 14. The highest BCUT2D eigenvalue weighted by atomic mass is 32.2. The molecule has 214 valence electrons. The van der Waals surface area contributed by atoms with E-state index in [-0.39, 0.29) is 16.7 Å². The van der Waals surface area contributed by atoms with Gasteiger partial charge in [-0.25, -0.2) is 4.79 Å². The van der Waals surface area contributed by atoms with Gasteiger partial charge in [0.2, 0.25) is 0 Å². The number of aromatic hydroxyl groups is 1. The molecule has 0 aliphatic carbocycles. The summed E-state index contributed by atoms with van der Waals surface area (Å²) < 4.78 is 6.22. The van der Waals surface area contributed by atoms with Gasteiger partial charge in [0, 0.05) is 37.5 Å². The summed E-state index contributed by atoms with van der Waals surface area (Å²) in [5, 5.41) is 23.8. The van der Waals surface area contributed by atoms with Crippen LogP contribution in [0.25, 0.3) is 10.2 Å². The summed E-state index contributed by atoms with van der Waals surface area (Å²) in [7, 11) is 0. The Morgan fingerprint density at radius 1 is 1.13 bits per heavy atom. The van der Waals surface area contributed by atoms with E-state index in [1.54, 1.807) is 17.8 Å². The molecule has 4 N–H and O–H groups in total. The van der Waals surface area contributed by atoms with Gasteiger partial charge in [-0.05, 0) is 63.0 Å². The Balaban J connectivity index is 1.39. The number of aryl methyl sites for hydroxylation is 1. The number of thioether (sulfide) groups is 1. The van der Waals surface area contributed by atoms with Gasteiger partial charge in [-0.15, -0.1) is 0 Å². The molecule has 3 aromatic rings. The zero-order valence-electron chi connectivity index (χ0n) is 23.3. The molecule has 1 amide bonds. The Bertz CT molecular complexity index is 1250. The lowest BCUT2D eigenvalue weighted by Gasteiger charge is -2.27. The summed E-state index contributed by atoms with van der Waals surface area (Å²) in [6, 6.07) is 11.7. The number of amides is 1. The van der Waals surface area contributed by atoms with Gasteiger partial charge >= 0.3 is 11.0 Å². The predicted octanol–water partition coefficient (Wildman–Crippen LogP) is 5.08. The normalized spacial score (nSPS) is 12.5. The largest absolute Gasteiger partial charge is 0.506 e. The van der Waals surface area contributed by atoms with Gasteiger partial charge in [-0.1, -0.05) is 48.6 Å². The molecule has 2 aromatic carbocycles. The number of fused-ring (bicyclic) bond motifs is 1. The third kappa shape index (κ3) is 9.86. The molecule has 1 atom stereocenters. The maximum Gasteiger partial charge on any atom is 0.410 e. The Hall–Kier alpha value is -2.53. The highest BCUT2D eigenvalue weighted by Crippen LogP contribution is 2.31. The van der Waals surface area contributed by atoms with Crippen molar-refractivity contribution in [3.63, 3.8) is 0 Å². The average molecular weight is 576 g/mol. The molecular formula is C29H41N3O5S2. The first kappa shape index (κ1) is 31.0. The van der Waals surface area contributed by atoms with E-state index in [1.165, 1.54) is 17.2 Å². The number of aliphatic hydroxyl groups excluding tert-OH is 1. The second-order valence-electron chi connectivity index (χ2n) is 10.5. The van der Waals surface area contributed by atoms with E-state index in [0.29, 0.717) is 35.4 Å². The summed E-state index contributed by atoms with van der Waals surface area (Å²) in [5.74, 6) is 1.77. The van der Waals surface area contributed by atoms with Crippen LogP contribution in [-0.4, -0.2) is 69.5 Å². The molecule has 0 spiro atoms. The predicted molar refractivity (Wildman–Crippen MR) is 161 cm³/mol. The van der Waals surface area contributed by atoms with Crippen LogP contribution < -0.4 is 10.2 Å². The number of carbonyl (C=O) groups is 1. The van der Waals surface area contributed by atoms with E-state index >= 15 is 0 Å². The highest BCUT2D eigenvalue weighted by Gasteiger charge is 2.22. The molecular weight excluding hydrogens is 534 g/mol. The zero-order valence-corrected chi connectivity index (χ0v) is 24.9. The van der Waals surface area contributed by atoms with Crippen LogP contribution in [0.4, 0.5) is 4.79 Å². The molecule has 0 aliphatic rings. The van der Waals surface area contributed by atoms with Gasteiger partial charge in [-0.2, -0.15) is 11.8 Å². The maximum absolute atomic E-state index is 12.8. The Kier molecular flexibility index (Phi) is 11.7. The van der Waals surface area contributed by atoms with E-state index < -0.39 is 11.7 Å². The van der Waals surface area contributed by atoms with E-state index in [4.69, 9.17) is 4.74 Å². The van der Waals surface area contributed by atoms with Gasteiger partial charge in [0.05, 0.1) is 10.8 Å². The van der Waals surface area contributed by atoms with Crippen molar-refractivity contribution in [1.82, 2.24) is 15.2 Å². The minimum absolute atomic E-state index is 0.000441. The molecule has 39 heavy (non-hydrogen) atoms. The van der Waals surface area contributed by atoms with Crippen molar-refractivity contribution in [2.45, 2.75) is 58.7 Å². The smallest absolute Gasteiger partial charge is 0.410 e. The van der Waals surface area contributed by atoms with E-state index in [2.05, 4.69) is 41.5 Å². The Morgan fingerprint density at radius 3 is 2.54 bits per heavy atom. The van der Waals surface area contributed by atoms with Crippen LogP contribution >= 0.6 is 23.1 Å². The first-order valence-corrected chi connectivity index (χ1v) is 15.4. The Labute approximate surface area is 238 Å². The number of carbonyl (C=O) groups excluding carboxylic acids is 1. The molecule has 0 unspecified atom stereocenters. The second-order valence-corrected chi connectivity index (χ2v) is 12.7. The number of H-pyrrole nitrogens is 1. The minimum Gasteiger partial charge on any atom is -0.506 e.